The van der Waals surface area contributed by atoms with E-state index in [1.165, 1.54) is 194 Å². The smallest absolute Gasteiger partial charge is 0.252 e. The fraction of sp³-hybridized carbons (Fsp3) is 0.286. The third kappa shape index (κ3) is 14.9. The monoisotopic (exact) mass is 1820 g/mol. The van der Waals surface area contributed by atoms with E-state index in [2.05, 4.69) is 519 Å². The lowest BCUT2D eigenvalue weighted by atomic mass is 9.32. The Kier molecular flexibility index (Phi) is 21.0. The molecule has 0 radical (unpaired) electrons. The highest BCUT2D eigenvalue weighted by molar-refractivity contribution is 7.02. The molecule has 11 heteroatoms. The van der Waals surface area contributed by atoms with Crippen LogP contribution in [0.5, 0.6) is 0 Å². The molecule has 0 amide bonds. The average molecular weight is 1820 g/mol. The second-order valence-electron chi connectivity index (χ2n) is 49.2. The van der Waals surface area contributed by atoms with Crippen molar-refractivity contribution in [2.24, 2.45) is 0 Å². The third-order valence-corrected chi connectivity index (χ3v) is 35.4. The van der Waals surface area contributed by atoms with Crippen molar-refractivity contribution in [3.63, 3.8) is 0 Å². The van der Waals surface area contributed by atoms with Gasteiger partial charge in [0.2, 0.25) is 0 Å². The van der Waals surface area contributed by atoms with Gasteiger partial charge >= 0.3 is 0 Å². The van der Waals surface area contributed by atoms with Crippen LogP contribution in [0.1, 0.15) is 204 Å². The fourth-order valence-electron chi connectivity index (χ4n) is 23.3. The van der Waals surface area contributed by atoms with Gasteiger partial charge in [-0.15, -0.1) is 0 Å². The Morgan fingerprint density at radius 1 is 0.190 bits per heavy atom. The first-order chi connectivity index (χ1) is 64.5. The molecule has 6 aliphatic rings. The quantitative estimate of drug-likeness (QED) is 0.0943. The Bertz CT molecular complexity index is 7300. The number of rotatable bonds is 11. The molecule has 1 atom stereocenters. The van der Waals surface area contributed by atoms with Crippen molar-refractivity contribution in [2.75, 3.05) is 29.4 Å². The lowest BCUT2D eigenvalue weighted by Gasteiger charge is -2.51. The highest BCUT2D eigenvalue weighted by atomic mass is 28.3. The highest BCUT2D eigenvalue weighted by Crippen LogP contribution is 2.60. The molecule has 0 saturated carbocycles. The van der Waals surface area contributed by atoms with E-state index in [1.54, 1.807) is 0 Å². The summed E-state index contributed by atoms with van der Waals surface area (Å²) in [4.78, 5) is 16.3. The molecule has 6 nitrogen and oxygen atoms in total. The maximum atomic E-state index is 2.78. The SMILES string of the molecule is Cc1ccc(N2c3ccc(C)cc3B3c4cc(C(C)(C)C)ccc4N(c4ccc(C(C)(C)C)cc4)c4c(C(C)(c5ccc6c7c5N(c5ccc(C(C)(C)C)cc5)c5ccc(C(C)(C)C)cc5B7c5cc(C)ccc5N6c5ccc([Si](C)(C)C)cc5)c5ccc6c7c5N(c5ccc(C)cc5)c5ccc(C(C)(C)C)cc5B7c5cc(C(C)(C)C)ccc5N6c5ccc([Si](C)(C)C)cc5)ccc2c43)cc1. The number of aryl methyl sites for hydroxylation is 4. The molecule has 686 valence electrons. The Balaban J connectivity index is 1.02. The van der Waals surface area contributed by atoms with Crippen LogP contribution in [-0.4, -0.2) is 36.3 Å². The van der Waals surface area contributed by atoms with E-state index in [0.29, 0.717) is 0 Å². The van der Waals surface area contributed by atoms with Crippen LogP contribution >= 0.6 is 0 Å². The van der Waals surface area contributed by atoms with Gasteiger partial charge in [-0.05, 0) is 294 Å². The van der Waals surface area contributed by atoms with Crippen molar-refractivity contribution in [2.45, 2.75) is 236 Å². The molecule has 6 heterocycles. The lowest BCUT2D eigenvalue weighted by molar-refractivity contribution is 0.590. The Morgan fingerprint density at radius 2 is 0.380 bits per heavy atom. The molecule has 137 heavy (non-hydrogen) atoms. The number of benzene rings is 15. The Morgan fingerprint density at radius 3 is 0.620 bits per heavy atom. The van der Waals surface area contributed by atoms with E-state index in [4.69, 9.17) is 0 Å². The summed E-state index contributed by atoms with van der Waals surface area (Å²) in [7, 11) is -3.58. The van der Waals surface area contributed by atoms with Gasteiger partial charge < -0.3 is 29.4 Å². The molecule has 0 aliphatic carbocycles. The zero-order valence-corrected chi connectivity index (χ0v) is 88.6. The fourth-order valence-corrected chi connectivity index (χ4v) is 25.6. The van der Waals surface area contributed by atoms with Gasteiger partial charge in [-0.1, -0.05) is 360 Å². The second-order valence-corrected chi connectivity index (χ2v) is 59.4. The molecular formula is C126H135B3N6Si2. The summed E-state index contributed by atoms with van der Waals surface area (Å²) in [6.45, 7) is 68.9. The molecule has 15 aromatic carbocycles. The van der Waals surface area contributed by atoms with Crippen molar-refractivity contribution in [1.82, 2.24) is 0 Å². The first kappa shape index (κ1) is 91.2. The zero-order valence-electron chi connectivity index (χ0n) is 86.6. The predicted octanol–water partition coefficient (Wildman–Crippen LogP) is 27.4. The summed E-state index contributed by atoms with van der Waals surface area (Å²) in [6.07, 6.45) is 0. The maximum absolute atomic E-state index is 2.78. The summed E-state index contributed by atoms with van der Waals surface area (Å²) in [5, 5.41) is 2.87. The van der Waals surface area contributed by atoms with Crippen LogP contribution in [0.25, 0.3) is 0 Å². The van der Waals surface area contributed by atoms with E-state index in [1.807, 2.05) is 0 Å². The minimum atomic E-state index is -1.80. The standard InChI is InChI=1S/C126H135B3N6Si2/c1-78-30-44-88(45-31-78)130-105-63-34-80(3)72-99(105)127-102-75-85(123(14,15)16)41-66-108(102)134(92-48-36-82(37-49-92)120(5,6)7)117-96(60-69-111(130)114(117)127)126(23,97-61-70-112-115-118(97)135(93-50-38-83(39-51-93)121(8,9)10)109-67-42-86(124(17,18)19)76-103(109)128(115)100-73-81(4)35-64-106(100)131(112)89-52-56-94(57-53-89)136(24,25)26)98-62-71-113-116-119(98)133(91-46-32-79(2)33-47-91)110-68-43-87(125(20,21)22)77-104(110)129(116)101-74-84(122(11,12)13)40-65-107(101)132(113)90-54-58-95(59-55-90)137(27,28)29/h30-77H,1-29H3. The summed E-state index contributed by atoms with van der Waals surface area (Å²) in [5.74, 6) is 0. The van der Waals surface area contributed by atoms with Crippen molar-refractivity contribution < 1.29 is 0 Å². The molecule has 21 rings (SSSR count). The number of fused-ring (bicyclic) bond motifs is 12. The highest BCUT2D eigenvalue weighted by Gasteiger charge is 2.55. The molecule has 0 saturated heterocycles. The number of hydrogen-bond acceptors (Lipinski definition) is 6. The second kappa shape index (κ2) is 31.6. The molecule has 0 N–H and O–H groups in total. The van der Waals surface area contributed by atoms with Crippen LogP contribution in [0.15, 0.2) is 291 Å². The van der Waals surface area contributed by atoms with Gasteiger partial charge in [0, 0.05) is 108 Å². The molecule has 0 spiro atoms. The molecule has 0 aromatic heterocycles. The predicted molar refractivity (Wildman–Crippen MR) is 604 cm³/mol. The van der Waals surface area contributed by atoms with Crippen LogP contribution in [0.4, 0.5) is 102 Å². The average Bonchev–Trinajstić information content (AvgIpc) is 0.671. The van der Waals surface area contributed by atoms with Crippen molar-refractivity contribution in [3.8, 4) is 0 Å². The van der Waals surface area contributed by atoms with Crippen molar-refractivity contribution in [1.29, 1.82) is 0 Å². The molecule has 0 bridgehead atoms. The van der Waals surface area contributed by atoms with Crippen LogP contribution in [0.3, 0.4) is 0 Å². The Labute approximate surface area is 821 Å². The van der Waals surface area contributed by atoms with Gasteiger partial charge in [-0.2, -0.15) is 0 Å². The molecule has 1 unspecified atom stereocenters. The molecule has 15 aromatic rings. The molecule has 0 fully saturated rings. The van der Waals surface area contributed by atoms with Gasteiger partial charge in [0.25, 0.3) is 20.1 Å². The first-order valence-corrected chi connectivity index (χ1v) is 57.2. The third-order valence-electron chi connectivity index (χ3n) is 31.3. The number of hydrogen-bond donors (Lipinski definition) is 0. The van der Waals surface area contributed by atoms with Gasteiger partial charge in [0.15, 0.2) is 0 Å². The van der Waals surface area contributed by atoms with Crippen LogP contribution in [-0.2, 0) is 37.9 Å². The number of anilines is 18. The topological polar surface area (TPSA) is 19.4 Å². The van der Waals surface area contributed by atoms with Crippen molar-refractivity contribution >= 4 is 198 Å². The van der Waals surface area contributed by atoms with Crippen LogP contribution in [0.2, 0.25) is 39.3 Å². The van der Waals surface area contributed by atoms with E-state index < -0.39 is 21.6 Å². The van der Waals surface area contributed by atoms with Gasteiger partial charge in [0.05, 0.1) is 16.1 Å². The molecular weight excluding hydrogens is 1690 g/mol. The summed E-state index contributed by atoms with van der Waals surface area (Å²) >= 11 is 0. The summed E-state index contributed by atoms with van der Waals surface area (Å²) in [5.41, 5.74) is 46.5. The van der Waals surface area contributed by atoms with Gasteiger partial charge in [0.1, 0.15) is 0 Å². The maximum Gasteiger partial charge on any atom is 0.252 e. The van der Waals surface area contributed by atoms with Gasteiger partial charge in [-0.3, -0.25) is 0 Å². The summed E-state index contributed by atoms with van der Waals surface area (Å²) in [6, 6.07) is 119. The first-order valence-electron chi connectivity index (χ1n) is 50.2. The van der Waals surface area contributed by atoms with E-state index >= 15 is 0 Å². The largest absolute Gasteiger partial charge is 0.311 e. The van der Waals surface area contributed by atoms with E-state index in [-0.39, 0.29) is 52.6 Å². The molecule has 6 aliphatic heterocycles. The zero-order chi connectivity index (χ0) is 96.9. The Hall–Kier alpha value is -12.3. The number of nitrogens with zero attached hydrogens (tertiary/aromatic N) is 6. The van der Waals surface area contributed by atoms with Crippen molar-refractivity contribution in [3.05, 3.63) is 364 Å². The summed E-state index contributed by atoms with van der Waals surface area (Å²) < 4.78 is 0. The minimum absolute atomic E-state index is 0.135. The van der Waals surface area contributed by atoms with Gasteiger partial charge in [-0.25, -0.2) is 0 Å². The van der Waals surface area contributed by atoms with E-state index in [0.717, 1.165) is 39.8 Å². The van der Waals surface area contributed by atoms with E-state index in [9.17, 15) is 0 Å². The van der Waals surface area contributed by atoms with Crippen LogP contribution < -0.4 is 88.9 Å². The van der Waals surface area contributed by atoms with Crippen LogP contribution in [0, 0.1) is 27.7 Å². The minimum Gasteiger partial charge on any atom is -0.311 e. The lowest BCUT2D eigenvalue weighted by Crippen LogP contribution is -2.63. The normalized spacial score (nSPS) is 14.8.